The number of furan rings is 2. The van der Waals surface area contributed by atoms with Gasteiger partial charge in [0.15, 0.2) is 11.2 Å². The van der Waals surface area contributed by atoms with Crippen LogP contribution in [-0.4, -0.2) is 0 Å². The second kappa shape index (κ2) is 8.21. The van der Waals surface area contributed by atoms with Crippen LogP contribution in [0.1, 0.15) is 17.5 Å². The Hall–Kier alpha value is -5.08. The van der Waals surface area contributed by atoms with Gasteiger partial charge in [-0.25, -0.2) is 0 Å². The molecule has 0 N–H and O–H groups in total. The minimum Gasteiger partial charge on any atom is -0.452 e. The number of para-hydroxylation sites is 2. The molecule has 0 radical (unpaired) electrons. The molecule has 0 bridgehead atoms. The van der Waals surface area contributed by atoms with E-state index in [9.17, 15) is 0 Å². The number of hydrogen-bond donors (Lipinski definition) is 0. The van der Waals surface area contributed by atoms with Crippen molar-refractivity contribution < 1.29 is 8.83 Å². The number of fused-ring (bicyclic) bond motifs is 9. The van der Waals surface area contributed by atoms with Gasteiger partial charge < -0.3 is 8.83 Å². The molecule has 2 nitrogen and oxygen atoms in total. The lowest BCUT2D eigenvalue weighted by atomic mass is 9.80. The summed E-state index contributed by atoms with van der Waals surface area (Å²) in [6.45, 7) is 0. The molecular weight excluding hydrogens is 488 g/mol. The molecule has 9 rings (SSSR count). The minimum atomic E-state index is 0.815. The average molecular weight is 513 g/mol. The van der Waals surface area contributed by atoms with E-state index in [1.165, 1.54) is 38.6 Å². The maximum atomic E-state index is 6.82. The van der Waals surface area contributed by atoms with Gasteiger partial charge in [-0.1, -0.05) is 103 Å². The van der Waals surface area contributed by atoms with E-state index in [1.807, 2.05) is 12.1 Å². The van der Waals surface area contributed by atoms with Gasteiger partial charge in [-0.05, 0) is 69.6 Å². The molecule has 0 amide bonds. The fourth-order valence-corrected chi connectivity index (χ4v) is 6.84. The van der Waals surface area contributed by atoms with Crippen LogP contribution in [0.15, 0.2) is 124 Å². The summed E-state index contributed by atoms with van der Waals surface area (Å²) in [7, 11) is 0. The summed E-state index contributed by atoms with van der Waals surface area (Å²) in [4.78, 5) is 0. The maximum absolute atomic E-state index is 6.82. The largest absolute Gasteiger partial charge is 0.452 e. The first-order chi connectivity index (χ1) is 19.9. The van der Waals surface area contributed by atoms with Gasteiger partial charge >= 0.3 is 0 Å². The summed E-state index contributed by atoms with van der Waals surface area (Å²) in [5, 5.41) is 6.93. The maximum Gasteiger partial charge on any atom is 0.178 e. The van der Waals surface area contributed by atoms with Crippen LogP contribution >= 0.6 is 0 Å². The van der Waals surface area contributed by atoms with Crippen molar-refractivity contribution in [3.8, 4) is 22.3 Å². The van der Waals surface area contributed by atoms with E-state index in [0.29, 0.717) is 0 Å². The minimum absolute atomic E-state index is 0.815. The van der Waals surface area contributed by atoms with Crippen LogP contribution in [0.3, 0.4) is 0 Å². The molecule has 40 heavy (non-hydrogen) atoms. The molecular formula is C38H24O2. The Kier molecular flexibility index (Phi) is 4.48. The smallest absolute Gasteiger partial charge is 0.178 e. The second-order valence-corrected chi connectivity index (χ2v) is 10.7. The Bertz CT molecular complexity index is 2310. The van der Waals surface area contributed by atoms with E-state index in [-0.39, 0.29) is 0 Å². The highest BCUT2D eigenvalue weighted by molar-refractivity contribution is 6.21. The Labute approximate surface area is 230 Å². The molecule has 0 saturated heterocycles. The van der Waals surface area contributed by atoms with Gasteiger partial charge in [0, 0.05) is 27.1 Å². The van der Waals surface area contributed by atoms with Gasteiger partial charge in [0.1, 0.15) is 11.2 Å². The second-order valence-electron chi connectivity index (χ2n) is 10.7. The lowest BCUT2D eigenvalue weighted by Crippen LogP contribution is -2.02. The molecule has 0 spiro atoms. The molecule has 0 atom stereocenters. The van der Waals surface area contributed by atoms with Gasteiger partial charge in [0.2, 0.25) is 0 Å². The molecule has 8 aromatic rings. The van der Waals surface area contributed by atoms with Crippen molar-refractivity contribution in [2.45, 2.75) is 12.8 Å². The van der Waals surface area contributed by atoms with Crippen molar-refractivity contribution in [1.82, 2.24) is 0 Å². The van der Waals surface area contributed by atoms with E-state index >= 15 is 0 Å². The highest BCUT2D eigenvalue weighted by Gasteiger charge is 2.24. The molecule has 2 aromatic heterocycles. The molecule has 188 valence electrons. The summed E-state index contributed by atoms with van der Waals surface area (Å²) in [6.07, 6.45) is 6.67. The van der Waals surface area contributed by atoms with Crippen LogP contribution in [0.4, 0.5) is 0 Å². The molecule has 2 heterocycles. The third-order valence-corrected chi connectivity index (χ3v) is 8.55. The number of allylic oxidation sites excluding steroid dienone is 1. The van der Waals surface area contributed by atoms with Crippen LogP contribution in [0.5, 0.6) is 0 Å². The molecule has 0 aliphatic heterocycles. The van der Waals surface area contributed by atoms with Crippen LogP contribution < -0.4 is 0 Å². The fraction of sp³-hybridized carbons (Fsp3) is 0.0526. The SMILES string of the molecule is C1=Cc2c(c(-c3cccc4c3oc3c4ccc4c5ccccc5oc43)c3ccccc3c2-c2ccccc2)CC1. The lowest BCUT2D eigenvalue weighted by Gasteiger charge is -2.23. The quantitative estimate of drug-likeness (QED) is 0.230. The van der Waals surface area contributed by atoms with Crippen molar-refractivity contribution >= 4 is 60.7 Å². The monoisotopic (exact) mass is 512 g/mol. The standard InChI is InChI=1S/C38H24O2/c1-2-11-23(12-3-1)34-25-14-4-6-16-27(25)35(28-17-7-5-15-26(28)34)32-19-10-18-29-31-22-21-30-24-13-8-9-20-33(24)39-37(30)38(31)40-36(29)32/h1-6,8-16,18-22H,7,17H2. The first kappa shape index (κ1) is 21.8. The van der Waals surface area contributed by atoms with E-state index in [2.05, 4.69) is 109 Å². The van der Waals surface area contributed by atoms with Gasteiger partial charge in [-0.2, -0.15) is 0 Å². The highest BCUT2D eigenvalue weighted by atomic mass is 16.4. The molecule has 2 heteroatoms. The zero-order valence-corrected chi connectivity index (χ0v) is 21.8. The summed E-state index contributed by atoms with van der Waals surface area (Å²) in [5.41, 5.74) is 11.1. The van der Waals surface area contributed by atoms with E-state index in [1.54, 1.807) is 0 Å². The highest BCUT2D eigenvalue weighted by Crippen LogP contribution is 2.48. The van der Waals surface area contributed by atoms with E-state index < -0.39 is 0 Å². The number of rotatable bonds is 2. The Balaban J connectivity index is 1.41. The fourth-order valence-electron chi connectivity index (χ4n) is 6.84. The Morgan fingerprint density at radius 2 is 1.12 bits per heavy atom. The first-order valence-corrected chi connectivity index (χ1v) is 13.9. The molecule has 0 unspecified atom stereocenters. The number of benzene rings is 6. The van der Waals surface area contributed by atoms with Crippen LogP contribution in [0.2, 0.25) is 0 Å². The predicted octanol–water partition coefficient (Wildman–Crippen LogP) is 10.9. The average Bonchev–Trinajstić information content (AvgIpc) is 3.59. The normalized spacial score (nSPS) is 13.2. The number of hydrogen-bond acceptors (Lipinski definition) is 2. The van der Waals surface area contributed by atoms with E-state index in [4.69, 9.17) is 8.83 Å². The van der Waals surface area contributed by atoms with Crippen molar-refractivity contribution in [2.24, 2.45) is 0 Å². The summed E-state index contributed by atoms with van der Waals surface area (Å²) < 4.78 is 13.2. The van der Waals surface area contributed by atoms with Crippen molar-refractivity contribution in [2.75, 3.05) is 0 Å². The summed E-state index contributed by atoms with van der Waals surface area (Å²) in [6, 6.07) is 38.8. The zero-order chi connectivity index (χ0) is 26.2. The van der Waals surface area contributed by atoms with Crippen LogP contribution in [-0.2, 0) is 6.42 Å². The summed E-state index contributed by atoms with van der Waals surface area (Å²) >= 11 is 0. The topological polar surface area (TPSA) is 26.3 Å². The Morgan fingerprint density at radius 3 is 1.98 bits per heavy atom. The van der Waals surface area contributed by atoms with Gasteiger partial charge in [-0.3, -0.25) is 0 Å². The lowest BCUT2D eigenvalue weighted by molar-refractivity contribution is 0.634. The molecule has 1 aliphatic rings. The first-order valence-electron chi connectivity index (χ1n) is 13.9. The molecule has 6 aromatic carbocycles. The van der Waals surface area contributed by atoms with Crippen molar-refractivity contribution in [1.29, 1.82) is 0 Å². The van der Waals surface area contributed by atoms with Gasteiger partial charge in [0.25, 0.3) is 0 Å². The van der Waals surface area contributed by atoms with Crippen molar-refractivity contribution in [3.05, 3.63) is 126 Å². The Morgan fingerprint density at radius 1 is 0.475 bits per heavy atom. The van der Waals surface area contributed by atoms with Crippen LogP contribution in [0.25, 0.3) is 83.0 Å². The van der Waals surface area contributed by atoms with Gasteiger partial charge in [-0.15, -0.1) is 0 Å². The molecule has 1 aliphatic carbocycles. The molecule has 0 saturated carbocycles. The van der Waals surface area contributed by atoms with Gasteiger partial charge in [0.05, 0.1) is 0 Å². The third-order valence-electron chi connectivity index (χ3n) is 8.55. The van der Waals surface area contributed by atoms with Crippen LogP contribution in [0, 0.1) is 0 Å². The third kappa shape index (κ3) is 2.93. The molecule has 0 fully saturated rings. The van der Waals surface area contributed by atoms with E-state index in [0.717, 1.165) is 62.3 Å². The van der Waals surface area contributed by atoms with Crippen molar-refractivity contribution in [3.63, 3.8) is 0 Å². The predicted molar refractivity (Wildman–Crippen MR) is 167 cm³/mol. The summed E-state index contributed by atoms with van der Waals surface area (Å²) in [5.74, 6) is 0. The zero-order valence-electron chi connectivity index (χ0n) is 21.8.